The number of fused-ring (bicyclic) bond motifs is 1. The van der Waals surface area contributed by atoms with Crippen LogP contribution in [0.3, 0.4) is 0 Å². The van der Waals surface area contributed by atoms with Crippen molar-refractivity contribution in [2.24, 2.45) is 0 Å². The molecule has 15 heteroatoms. The van der Waals surface area contributed by atoms with E-state index in [0.717, 1.165) is 19.3 Å². The van der Waals surface area contributed by atoms with E-state index >= 15 is 0 Å². The first-order chi connectivity index (χ1) is 16.3. The molecule has 1 saturated heterocycles. The number of aliphatic hydroxyl groups is 1. The second-order valence-electron chi connectivity index (χ2n) is 9.30. The van der Waals surface area contributed by atoms with Crippen LogP contribution in [0.1, 0.15) is 43.8 Å². The monoisotopic (exact) mass is 540 g/mol. The molecule has 2 aliphatic heterocycles. The summed E-state index contributed by atoms with van der Waals surface area (Å²) in [6.07, 6.45) is 5.52. The normalized spacial score (nSPS) is 24.8. The summed E-state index contributed by atoms with van der Waals surface area (Å²) in [6.45, 7) is 1.45. The van der Waals surface area contributed by atoms with Crippen LogP contribution in [-0.4, -0.2) is 66.8 Å². The zero-order valence-electron chi connectivity index (χ0n) is 18.6. The number of halogens is 5. The highest BCUT2D eigenvalue weighted by atomic mass is 32.5. The molecule has 1 atom stereocenters. The highest BCUT2D eigenvalue weighted by molar-refractivity contribution is 8.45. The van der Waals surface area contributed by atoms with Crippen molar-refractivity contribution in [2.45, 2.75) is 53.4 Å². The van der Waals surface area contributed by atoms with Crippen molar-refractivity contribution < 1.29 is 28.7 Å². The van der Waals surface area contributed by atoms with Gasteiger partial charge in [0.25, 0.3) is 0 Å². The first-order valence-electron chi connectivity index (χ1n) is 11.2. The molecule has 4 heterocycles. The molecule has 2 fully saturated rings. The molecular weight excluding hydrogens is 515 g/mol. The van der Waals surface area contributed by atoms with E-state index in [-0.39, 0.29) is 30.7 Å². The maximum atomic E-state index is 12.9. The van der Waals surface area contributed by atoms with Gasteiger partial charge in [0.05, 0.1) is 46.4 Å². The molecule has 3 aliphatic rings. The van der Waals surface area contributed by atoms with Gasteiger partial charge in [-0.1, -0.05) is 19.4 Å². The van der Waals surface area contributed by atoms with Gasteiger partial charge in [-0.2, -0.15) is 4.98 Å². The maximum Gasteiger partial charge on any atom is 0.313 e. The van der Waals surface area contributed by atoms with E-state index in [4.69, 9.17) is 4.98 Å². The third-order valence-electron chi connectivity index (χ3n) is 7.11. The van der Waals surface area contributed by atoms with E-state index in [1.807, 2.05) is 4.90 Å². The second-order valence-corrected chi connectivity index (χ2v) is 13.3. The van der Waals surface area contributed by atoms with Crippen LogP contribution in [0.25, 0.3) is 0 Å². The van der Waals surface area contributed by atoms with Gasteiger partial charge in [0.2, 0.25) is 5.95 Å². The number of rotatable bonds is 5. The predicted octanol–water partition coefficient (Wildman–Crippen LogP) is 4.15. The summed E-state index contributed by atoms with van der Waals surface area (Å²) in [5.74, 6) is 1.27. The molecule has 0 bridgehead atoms. The molecule has 35 heavy (non-hydrogen) atoms. The fraction of sp³-hybridized carbons (Fsp3) is 0.600. The van der Waals surface area contributed by atoms with Crippen molar-refractivity contribution in [3.8, 4) is 0 Å². The van der Waals surface area contributed by atoms with E-state index in [0.29, 0.717) is 54.9 Å². The summed E-state index contributed by atoms with van der Waals surface area (Å²) in [4.78, 5) is 18.7. The molecule has 2 aromatic heterocycles. The molecule has 0 aromatic carbocycles. The van der Waals surface area contributed by atoms with Crippen molar-refractivity contribution in [1.29, 1.82) is 0 Å². The van der Waals surface area contributed by atoms with Crippen LogP contribution < -0.4 is 9.80 Å². The summed E-state index contributed by atoms with van der Waals surface area (Å²) in [7, 11) is -11.0. The molecule has 2 aromatic rings. The van der Waals surface area contributed by atoms with Crippen LogP contribution in [0.4, 0.5) is 31.2 Å². The Hall–Kier alpha value is -2.13. The van der Waals surface area contributed by atoms with Crippen LogP contribution in [0, 0.1) is 0 Å². The molecule has 1 saturated carbocycles. The van der Waals surface area contributed by atoms with Crippen molar-refractivity contribution in [2.75, 3.05) is 41.8 Å². The van der Waals surface area contributed by atoms with Gasteiger partial charge in [0, 0.05) is 31.3 Å². The van der Waals surface area contributed by atoms with E-state index in [1.165, 1.54) is 0 Å². The van der Waals surface area contributed by atoms with Gasteiger partial charge in [0.15, 0.2) is 5.82 Å². The van der Waals surface area contributed by atoms with Gasteiger partial charge in [-0.25, -0.2) is 15.0 Å². The highest BCUT2D eigenvalue weighted by Gasteiger charge is 2.66. The number of aliphatic hydroxyl groups excluding tert-OH is 1. The van der Waals surface area contributed by atoms with Crippen LogP contribution in [0.2, 0.25) is 0 Å². The van der Waals surface area contributed by atoms with Crippen molar-refractivity contribution >= 4 is 32.8 Å². The largest absolute Gasteiger partial charge is 0.394 e. The topological polar surface area (TPSA) is 95.3 Å². The van der Waals surface area contributed by atoms with Crippen LogP contribution in [0.5, 0.6) is 0 Å². The van der Waals surface area contributed by atoms with Crippen molar-refractivity contribution in [3.63, 3.8) is 0 Å². The number of hydrogen-bond donors (Lipinski definition) is 1. The molecule has 1 N–H and O–H groups in total. The lowest BCUT2D eigenvalue weighted by atomic mass is 9.76. The van der Waals surface area contributed by atoms with Crippen LogP contribution in [-0.2, 0) is 10.8 Å². The zero-order chi connectivity index (χ0) is 25.1. The molecule has 0 spiro atoms. The molecule has 8 nitrogen and oxygen atoms in total. The van der Waals surface area contributed by atoms with Gasteiger partial charge < -0.3 is 14.9 Å². The molecule has 0 amide bonds. The quantitative estimate of drug-likeness (QED) is 0.566. The maximum absolute atomic E-state index is 12.9. The summed E-state index contributed by atoms with van der Waals surface area (Å²) in [5, 5.41) is 10.0. The zero-order valence-corrected chi connectivity index (χ0v) is 20.3. The smallest absolute Gasteiger partial charge is 0.313 e. The molecular formula is C20H25F5N6O2S2. The lowest BCUT2D eigenvalue weighted by Gasteiger charge is -2.51. The molecule has 1 aliphatic carbocycles. The molecule has 194 valence electrons. The van der Waals surface area contributed by atoms with E-state index in [9.17, 15) is 28.7 Å². The highest BCUT2D eigenvalue weighted by Crippen LogP contribution is 3.01. The Bertz CT molecular complexity index is 1150. The van der Waals surface area contributed by atoms with E-state index in [2.05, 4.69) is 19.9 Å². The number of anilines is 2. The Balaban J connectivity index is 1.32. The van der Waals surface area contributed by atoms with Gasteiger partial charge in [-0.05, 0) is 32.1 Å². The number of aromatic nitrogens is 4. The van der Waals surface area contributed by atoms with Crippen molar-refractivity contribution in [3.05, 3.63) is 24.4 Å². The Kier molecular flexibility index (Phi) is 5.39. The Morgan fingerprint density at radius 1 is 1.03 bits per heavy atom. The number of piperidine rings is 1. The Morgan fingerprint density at radius 2 is 1.69 bits per heavy atom. The summed E-state index contributed by atoms with van der Waals surface area (Å²) >= 11 is 0. The van der Waals surface area contributed by atoms with E-state index < -0.39 is 31.5 Å². The van der Waals surface area contributed by atoms with Gasteiger partial charge in [0.1, 0.15) is 10.7 Å². The molecule has 5 rings (SSSR count). The van der Waals surface area contributed by atoms with Crippen LogP contribution >= 0.6 is 10.2 Å². The number of nitrogens with zero attached hydrogens (tertiary/aromatic N) is 6. The fourth-order valence-corrected chi connectivity index (χ4v) is 6.49. The van der Waals surface area contributed by atoms with Gasteiger partial charge >= 0.3 is 10.2 Å². The summed E-state index contributed by atoms with van der Waals surface area (Å²) < 4.78 is 77.2. The minimum Gasteiger partial charge on any atom is -0.394 e. The average Bonchev–Trinajstić information content (AvgIpc) is 2.79. The predicted molar refractivity (Wildman–Crippen MR) is 122 cm³/mol. The third-order valence-corrected chi connectivity index (χ3v) is 9.55. The fourth-order valence-electron chi connectivity index (χ4n) is 4.88. The minimum atomic E-state index is -9.80. The molecule has 0 radical (unpaired) electrons. The lowest BCUT2D eigenvalue weighted by molar-refractivity contribution is 0.115. The standard InChI is InChI=1S/C20H25F5N6O2S2/c21-35(22,23,24,25)15-10-26-17(27-11-15)14-2-6-30(7-3-14)19-28-12-16-18(29-19)31(8-9-34(16)33)20(13-32)4-1-5-20/h10-12,14,32H,1-9,13H2. The summed E-state index contributed by atoms with van der Waals surface area (Å²) in [6, 6.07) is 0. The van der Waals surface area contributed by atoms with E-state index in [1.54, 1.807) is 6.20 Å². The third kappa shape index (κ3) is 4.57. The van der Waals surface area contributed by atoms with Crippen molar-refractivity contribution in [1.82, 2.24) is 19.9 Å². The Labute approximate surface area is 201 Å². The Morgan fingerprint density at radius 3 is 2.23 bits per heavy atom. The number of hydrogen-bond acceptors (Lipinski definition) is 8. The molecule has 1 unspecified atom stereocenters. The van der Waals surface area contributed by atoms with Gasteiger partial charge in [-0.3, -0.25) is 4.21 Å². The second kappa shape index (κ2) is 7.68. The van der Waals surface area contributed by atoms with Gasteiger partial charge in [-0.15, -0.1) is 0 Å². The summed E-state index contributed by atoms with van der Waals surface area (Å²) in [5.41, 5.74) is -0.392. The SMILES string of the molecule is O=S1CCN(C2(CO)CCC2)c2nc(N3CCC(c4ncc(S(F)(F)(F)(F)F)cn4)CC3)ncc21. The average molecular weight is 541 g/mol. The minimum absolute atomic E-state index is 0.00932. The lowest BCUT2D eigenvalue weighted by Crippen LogP contribution is -2.59. The van der Waals surface area contributed by atoms with Crippen LogP contribution in [0.15, 0.2) is 28.4 Å². The first kappa shape index (κ1) is 24.6. The first-order valence-corrected chi connectivity index (χ1v) is 14.5.